The van der Waals surface area contributed by atoms with Crippen molar-refractivity contribution in [2.24, 2.45) is 0 Å². The number of carbonyl (C=O) groups is 1. The lowest BCUT2D eigenvalue weighted by Crippen LogP contribution is -2.13. The van der Waals surface area contributed by atoms with Crippen molar-refractivity contribution in [2.75, 3.05) is 17.7 Å². The summed E-state index contributed by atoms with van der Waals surface area (Å²) in [5, 5.41) is 6.43. The summed E-state index contributed by atoms with van der Waals surface area (Å²) in [6.45, 7) is 1.93. The standard InChI is InChI=1S/C19H17ClN4O2/c1-12-5-3-4-6-15(12)23-18(25)13-10-21-19(22-11-13)24-16-9-14(20)7-8-17(16)26-2/h3-11H,1-2H3,(H,23,25)(H,21,22,24). The first-order valence-electron chi connectivity index (χ1n) is 7.86. The summed E-state index contributed by atoms with van der Waals surface area (Å²) < 4.78 is 5.27. The Balaban J connectivity index is 1.73. The summed E-state index contributed by atoms with van der Waals surface area (Å²) in [4.78, 5) is 20.7. The van der Waals surface area contributed by atoms with Gasteiger partial charge in [-0.1, -0.05) is 29.8 Å². The quantitative estimate of drug-likeness (QED) is 0.696. The zero-order chi connectivity index (χ0) is 18.5. The van der Waals surface area contributed by atoms with Crippen LogP contribution in [0.1, 0.15) is 15.9 Å². The summed E-state index contributed by atoms with van der Waals surface area (Å²) in [5.41, 5.74) is 2.73. The first-order chi connectivity index (χ1) is 12.6. The molecule has 7 heteroatoms. The molecule has 0 spiro atoms. The van der Waals surface area contributed by atoms with Crippen LogP contribution in [0.5, 0.6) is 5.75 Å². The molecule has 26 heavy (non-hydrogen) atoms. The predicted molar refractivity (Wildman–Crippen MR) is 102 cm³/mol. The second-order valence-corrected chi connectivity index (χ2v) is 5.97. The van der Waals surface area contributed by atoms with Crippen molar-refractivity contribution >= 4 is 34.8 Å². The van der Waals surface area contributed by atoms with Gasteiger partial charge in [-0.25, -0.2) is 9.97 Å². The monoisotopic (exact) mass is 368 g/mol. The number of para-hydroxylation sites is 1. The van der Waals surface area contributed by atoms with Crippen LogP contribution in [-0.4, -0.2) is 23.0 Å². The third kappa shape index (κ3) is 4.10. The molecule has 0 fully saturated rings. The molecular formula is C19H17ClN4O2. The van der Waals surface area contributed by atoms with Gasteiger partial charge in [0.15, 0.2) is 0 Å². The summed E-state index contributed by atoms with van der Waals surface area (Å²) in [5.74, 6) is 0.670. The highest BCUT2D eigenvalue weighted by molar-refractivity contribution is 6.31. The second kappa shape index (κ2) is 7.84. The Morgan fingerprint density at radius 3 is 2.50 bits per heavy atom. The lowest BCUT2D eigenvalue weighted by Gasteiger charge is -2.11. The smallest absolute Gasteiger partial charge is 0.258 e. The molecule has 0 aliphatic rings. The molecule has 2 N–H and O–H groups in total. The van der Waals surface area contributed by atoms with E-state index in [1.54, 1.807) is 25.3 Å². The van der Waals surface area contributed by atoms with Crippen LogP contribution < -0.4 is 15.4 Å². The lowest BCUT2D eigenvalue weighted by molar-refractivity contribution is 0.102. The van der Waals surface area contributed by atoms with Gasteiger partial charge >= 0.3 is 0 Å². The van der Waals surface area contributed by atoms with Crippen LogP contribution in [0.2, 0.25) is 5.02 Å². The third-order valence-corrected chi connectivity index (χ3v) is 3.95. The molecule has 1 heterocycles. The fourth-order valence-corrected chi connectivity index (χ4v) is 2.49. The molecular weight excluding hydrogens is 352 g/mol. The SMILES string of the molecule is COc1ccc(Cl)cc1Nc1ncc(C(=O)Nc2ccccc2C)cn1. The van der Waals surface area contributed by atoms with Gasteiger partial charge in [-0.15, -0.1) is 0 Å². The van der Waals surface area contributed by atoms with Gasteiger partial charge in [-0.3, -0.25) is 4.79 Å². The summed E-state index contributed by atoms with van der Waals surface area (Å²) in [6, 6.07) is 12.7. The van der Waals surface area contributed by atoms with Gasteiger partial charge in [0, 0.05) is 23.1 Å². The highest BCUT2D eigenvalue weighted by atomic mass is 35.5. The van der Waals surface area contributed by atoms with Crippen LogP contribution in [0.25, 0.3) is 0 Å². The van der Waals surface area contributed by atoms with Gasteiger partial charge < -0.3 is 15.4 Å². The topological polar surface area (TPSA) is 76.1 Å². The molecule has 3 rings (SSSR count). The molecule has 0 saturated carbocycles. The van der Waals surface area contributed by atoms with E-state index in [0.717, 1.165) is 11.3 Å². The maximum absolute atomic E-state index is 12.3. The Hall–Kier alpha value is -3.12. The molecule has 6 nitrogen and oxygen atoms in total. The third-order valence-electron chi connectivity index (χ3n) is 3.72. The summed E-state index contributed by atoms with van der Waals surface area (Å²) >= 11 is 6.01. The first-order valence-corrected chi connectivity index (χ1v) is 8.24. The molecule has 2 aromatic carbocycles. The molecule has 0 aliphatic heterocycles. The molecule has 0 radical (unpaired) electrons. The number of aryl methyl sites for hydroxylation is 1. The van der Waals surface area contributed by atoms with Gasteiger partial charge in [0.05, 0.1) is 18.4 Å². The van der Waals surface area contributed by atoms with Gasteiger partial charge in [0.1, 0.15) is 5.75 Å². The van der Waals surface area contributed by atoms with Crippen molar-refractivity contribution in [2.45, 2.75) is 6.92 Å². The van der Waals surface area contributed by atoms with Crippen LogP contribution in [0.15, 0.2) is 54.9 Å². The number of rotatable bonds is 5. The van der Waals surface area contributed by atoms with Crippen LogP contribution in [0.3, 0.4) is 0 Å². The molecule has 3 aromatic rings. The Bertz CT molecular complexity index is 929. The average molecular weight is 369 g/mol. The zero-order valence-electron chi connectivity index (χ0n) is 14.3. The maximum atomic E-state index is 12.3. The number of hydrogen-bond acceptors (Lipinski definition) is 5. The molecule has 0 saturated heterocycles. The lowest BCUT2D eigenvalue weighted by atomic mass is 10.2. The van der Waals surface area contributed by atoms with E-state index in [0.29, 0.717) is 28.0 Å². The van der Waals surface area contributed by atoms with Crippen molar-refractivity contribution in [1.29, 1.82) is 0 Å². The van der Waals surface area contributed by atoms with E-state index in [2.05, 4.69) is 20.6 Å². The number of anilines is 3. The number of aromatic nitrogens is 2. The Morgan fingerprint density at radius 1 is 1.08 bits per heavy atom. The van der Waals surface area contributed by atoms with Crippen LogP contribution in [0.4, 0.5) is 17.3 Å². The average Bonchev–Trinajstić information content (AvgIpc) is 2.64. The Kier molecular flexibility index (Phi) is 5.34. The zero-order valence-corrected chi connectivity index (χ0v) is 15.0. The summed E-state index contributed by atoms with van der Waals surface area (Å²) in [6.07, 6.45) is 2.92. The normalized spacial score (nSPS) is 10.3. The van der Waals surface area contributed by atoms with Crippen molar-refractivity contribution in [3.8, 4) is 5.75 Å². The number of nitrogens with zero attached hydrogens (tertiary/aromatic N) is 2. The Morgan fingerprint density at radius 2 is 1.81 bits per heavy atom. The molecule has 1 amide bonds. The van der Waals surface area contributed by atoms with E-state index in [9.17, 15) is 4.79 Å². The summed E-state index contributed by atoms with van der Waals surface area (Å²) in [7, 11) is 1.56. The van der Waals surface area contributed by atoms with E-state index in [-0.39, 0.29) is 5.91 Å². The number of ether oxygens (including phenoxy) is 1. The number of benzene rings is 2. The first kappa shape index (κ1) is 17.7. The Labute approximate surface area is 156 Å². The molecule has 0 atom stereocenters. The highest BCUT2D eigenvalue weighted by Gasteiger charge is 2.10. The van der Waals surface area contributed by atoms with E-state index in [1.807, 2.05) is 31.2 Å². The van der Waals surface area contributed by atoms with E-state index < -0.39 is 0 Å². The van der Waals surface area contributed by atoms with Crippen molar-refractivity contribution < 1.29 is 9.53 Å². The number of nitrogens with one attached hydrogen (secondary N) is 2. The fourth-order valence-electron chi connectivity index (χ4n) is 2.32. The number of hydrogen-bond donors (Lipinski definition) is 2. The molecule has 0 aliphatic carbocycles. The highest BCUT2D eigenvalue weighted by Crippen LogP contribution is 2.29. The second-order valence-electron chi connectivity index (χ2n) is 5.53. The van der Waals surface area contributed by atoms with Gasteiger partial charge in [0.2, 0.25) is 5.95 Å². The van der Waals surface area contributed by atoms with Crippen molar-refractivity contribution in [3.63, 3.8) is 0 Å². The van der Waals surface area contributed by atoms with Crippen LogP contribution in [-0.2, 0) is 0 Å². The maximum Gasteiger partial charge on any atom is 0.258 e. The predicted octanol–water partition coefficient (Wildman–Crippen LogP) is 4.44. The largest absolute Gasteiger partial charge is 0.495 e. The molecule has 1 aromatic heterocycles. The molecule has 0 bridgehead atoms. The van der Waals surface area contributed by atoms with Crippen LogP contribution in [0, 0.1) is 6.92 Å². The number of halogens is 1. The minimum absolute atomic E-state index is 0.272. The minimum Gasteiger partial charge on any atom is -0.495 e. The van der Waals surface area contributed by atoms with E-state index >= 15 is 0 Å². The number of amides is 1. The number of carbonyl (C=O) groups excluding carboxylic acids is 1. The molecule has 132 valence electrons. The van der Waals surface area contributed by atoms with E-state index in [4.69, 9.17) is 16.3 Å². The molecule has 0 unspecified atom stereocenters. The van der Waals surface area contributed by atoms with E-state index in [1.165, 1.54) is 12.4 Å². The number of methoxy groups -OCH3 is 1. The fraction of sp³-hybridized carbons (Fsp3) is 0.105. The van der Waals surface area contributed by atoms with Gasteiger partial charge in [-0.05, 0) is 36.8 Å². The van der Waals surface area contributed by atoms with Crippen LogP contribution >= 0.6 is 11.6 Å². The van der Waals surface area contributed by atoms with Crippen molar-refractivity contribution in [3.05, 3.63) is 71.0 Å². The minimum atomic E-state index is -0.272. The van der Waals surface area contributed by atoms with Gasteiger partial charge in [0.25, 0.3) is 5.91 Å². The van der Waals surface area contributed by atoms with Gasteiger partial charge in [-0.2, -0.15) is 0 Å². The van der Waals surface area contributed by atoms with Crippen molar-refractivity contribution in [1.82, 2.24) is 9.97 Å².